The van der Waals surface area contributed by atoms with Crippen LogP contribution in [0.25, 0.3) is 0 Å². The van der Waals surface area contributed by atoms with Gasteiger partial charge in [-0.05, 0) is 19.9 Å². The number of nitrogens with two attached hydrogens (primary N) is 1. The van der Waals surface area contributed by atoms with E-state index in [9.17, 15) is 0 Å². The van der Waals surface area contributed by atoms with Gasteiger partial charge in [0.05, 0.1) is 18.4 Å². The minimum absolute atomic E-state index is 0.122. The standard InChI is InChI=1S/C12H20N2O2/c1-9(2)16-11-7-5-6-10(14-11)12(3,4)8-15-13/h5-7,9H,8,13H2,1-4H3. The van der Waals surface area contributed by atoms with Crippen LogP contribution >= 0.6 is 0 Å². The van der Waals surface area contributed by atoms with Gasteiger partial charge >= 0.3 is 0 Å². The smallest absolute Gasteiger partial charge is 0.213 e. The number of aromatic nitrogens is 1. The molecule has 90 valence electrons. The summed E-state index contributed by atoms with van der Waals surface area (Å²) in [6, 6.07) is 5.73. The Morgan fingerprint density at radius 2 is 2.06 bits per heavy atom. The Labute approximate surface area is 96.7 Å². The molecule has 0 fully saturated rings. The number of nitrogens with zero attached hydrogens (tertiary/aromatic N) is 1. The highest BCUT2D eigenvalue weighted by Gasteiger charge is 2.23. The molecular weight excluding hydrogens is 204 g/mol. The van der Waals surface area contributed by atoms with Crippen LogP contribution in [0.4, 0.5) is 0 Å². The van der Waals surface area contributed by atoms with Crippen LogP contribution in [0.1, 0.15) is 33.4 Å². The van der Waals surface area contributed by atoms with Crippen molar-refractivity contribution >= 4 is 0 Å². The Balaban J connectivity index is 2.89. The van der Waals surface area contributed by atoms with Crippen molar-refractivity contribution in [3.8, 4) is 5.88 Å². The number of hydrogen-bond donors (Lipinski definition) is 1. The summed E-state index contributed by atoms with van der Waals surface area (Å²) in [7, 11) is 0. The highest BCUT2D eigenvalue weighted by atomic mass is 16.6. The van der Waals surface area contributed by atoms with Gasteiger partial charge in [0.2, 0.25) is 5.88 Å². The Hall–Kier alpha value is -1.13. The molecule has 1 rings (SSSR count). The van der Waals surface area contributed by atoms with Crippen LogP contribution in [0.2, 0.25) is 0 Å². The van der Waals surface area contributed by atoms with Crippen LogP contribution in [-0.4, -0.2) is 17.7 Å². The van der Waals surface area contributed by atoms with E-state index in [4.69, 9.17) is 15.5 Å². The van der Waals surface area contributed by atoms with Gasteiger partial charge < -0.3 is 9.57 Å². The zero-order valence-corrected chi connectivity index (χ0v) is 10.4. The first-order valence-corrected chi connectivity index (χ1v) is 5.41. The van der Waals surface area contributed by atoms with Crippen molar-refractivity contribution in [3.63, 3.8) is 0 Å². The maximum absolute atomic E-state index is 5.54. The highest BCUT2D eigenvalue weighted by Crippen LogP contribution is 2.23. The van der Waals surface area contributed by atoms with E-state index >= 15 is 0 Å². The Morgan fingerprint density at radius 3 is 2.62 bits per heavy atom. The van der Waals surface area contributed by atoms with Crippen LogP contribution < -0.4 is 10.6 Å². The van der Waals surface area contributed by atoms with Crippen molar-refractivity contribution in [1.29, 1.82) is 0 Å². The van der Waals surface area contributed by atoms with E-state index in [1.54, 1.807) is 0 Å². The lowest BCUT2D eigenvalue weighted by molar-refractivity contribution is 0.0944. The van der Waals surface area contributed by atoms with E-state index in [2.05, 4.69) is 4.98 Å². The van der Waals surface area contributed by atoms with Crippen LogP contribution in [0.5, 0.6) is 5.88 Å². The summed E-state index contributed by atoms with van der Waals surface area (Å²) in [4.78, 5) is 9.15. The third kappa shape index (κ3) is 3.47. The van der Waals surface area contributed by atoms with E-state index in [1.807, 2.05) is 45.9 Å². The molecule has 4 heteroatoms. The molecular formula is C12H20N2O2. The van der Waals surface area contributed by atoms with Gasteiger partial charge in [-0.1, -0.05) is 19.9 Å². The van der Waals surface area contributed by atoms with Gasteiger partial charge in [-0.2, -0.15) is 0 Å². The van der Waals surface area contributed by atoms with E-state index in [0.717, 1.165) is 5.69 Å². The molecule has 1 heterocycles. The predicted molar refractivity (Wildman–Crippen MR) is 63.2 cm³/mol. The Kier molecular flexibility index (Phi) is 4.26. The van der Waals surface area contributed by atoms with Crippen LogP contribution in [0.3, 0.4) is 0 Å². The van der Waals surface area contributed by atoms with Crippen molar-refractivity contribution < 1.29 is 9.57 Å². The minimum atomic E-state index is -0.217. The molecule has 1 aromatic rings. The van der Waals surface area contributed by atoms with Crippen LogP contribution in [0.15, 0.2) is 18.2 Å². The number of rotatable bonds is 5. The third-order valence-electron chi connectivity index (χ3n) is 2.22. The largest absolute Gasteiger partial charge is 0.475 e. The van der Waals surface area contributed by atoms with Gasteiger partial charge in [-0.15, -0.1) is 0 Å². The summed E-state index contributed by atoms with van der Waals surface area (Å²) in [5.41, 5.74) is 0.696. The summed E-state index contributed by atoms with van der Waals surface area (Å²) < 4.78 is 5.54. The second-order valence-electron chi connectivity index (χ2n) is 4.72. The Morgan fingerprint density at radius 1 is 1.38 bits per heavy atom. The topological polar surface area (TPSA) is 57.4 Å². The molecule has 0 aromatic carbocycles. The van der Waals surface area contributed by atoms with Crippen molar-refractivity contribution in [1.82, 2.24) is 4.98 Å². The molecule has 16 heavy (non-hydrogen) atoms. The molecule has 1 aromatic heterocycles. The summed E-state index contributed by atoms with van der Waals surface area (Å²) in [6.07, 6.45) is 0.122. The fraction of sp³-hybridized carbons (Fsp3) is 0.583. The molecule has 0 spiro atoms. The number of hydrogen-bond acceptors (Lipinski definition) is 4. The fourth-order valence-corrected chi connectivity index (χ4v) is 1.38. The third-order valence-corrected chi connectivity index (χ3v) is 2.22. The van der Waals surface area contributed by atoms with E-state index < -0.39 is 0 Å². The number of pyridine rings is 1. The SMILES string of the molecule is CC(C)Oc1cccc(C(C)(C)CON)n1. The first-order valence-electron chi connectivity index (χ1n) is 5.41. The Bertz CT molecular complexity index is 338. The number of ether oxygens (including phenoxy) is 1. The highest BCUT2D eigenvalue weighted by molar-refractivity contribution is 5.21. The van der Waals surface area contributed by atoms with Gasteiger partial charge in [0, 0.05) is 11.5 Å². The second kappa shape index (κ2) is 5.27. The average Bonchev–Trinajstić information content (AvgIpc) is 2.17. The zero-order chi connectivity index (χ0) is 12.2. The molecule has 0 bridgehead atoms. The first-order chi connectivity index (χ1) is 7.45. The molecule has 4 nitrogen and oxygen atoms in total. The molecule has 0 amide bonds. The maximum Gasteiger partial charge on any atom is 0.213 e. The van der Waals surface area contributed by atoms with Gasteiger partial charge in [0.1, 0.15) is 0 Å². The molecule has 0 saturated heterocycles. The van der Waals surface area contributed by atoms with Gasteiger partial charge in [0.15, 0.2) is 0 Å². The van der Waals surface area contributed by atoms with Gasteiger partial charge in [0.25, 0.3) is 0 Å². The lowest BCUT2D eigenvalue weighted by Gasteiger charge is -2.23. The molecule has 0 aliphatic carbocycles. The molecule has 0 radical (unpaired) electrons. The molecule has 2 N–H and O–H groups in total. The van der Waals surface area contributed by atoms with E-state index in [-0.39, 0.29) is 11.5 Å². The van der Waals surface area contributed by atoms with Crippen molar-refractivity contribution in [2.75, 3.05) is 6.61 Å². The molecule has 0 saturated carbocycles. The van der Waals surface area contributed by atoms with E-state index in [1.165, 1.54) is 0 Å². The minimum Gasteiger partial charge on any atom is -0.475 e. The van der Waals surface area contributed by atoms with Crippen LogP contribution in [0, 0.1) is 0 Å². The summed E-state index contributed by atoms with van der Waals surface area (Å²) in [5, 5.41) is 0. The first kappa shape index (κ1) is 12.9. The molecule has 0 atom stereocenters. The van der Waals surface area contributed by atoms with Gasteiger partial charge in [-0.3, -0.25) is 0 Å². The second-order valence-corrected chi connectivity index (χ2v) is 4.72. The quantitative estimate of drug-likeness (QED) is 0.777. The normalized spacial score (nSPS) is 11.9. The van der Waals surface area contributed by atoms with Crippen molar-refractivity contribution in [3.05, 3.63) is 23.9 Å². The maximum atomic E-state index is 5.54. The zero-order valence-electron chi connectivity index (χ0n) is 10.4. The molecule has 0 aliphatic heterocycles. The monoisotopic (exact) mass is 224 g/mol. The summed E-state index contributed by atoms with van der Waals surface area (Å²) in [5.74, 6) is 5.75. The van der Waals surface area contributed by atoms with E-state index in [0.29, 0.717) is 12.5 Å². The predicted octanol–water partition coefficient (Wildman–Crippen LogP) is 2.04. The summed E-state index contributed by atoms with van der Waals surface area (Å²) >= 11 is 0. The molecule has 0 aliphatic rings. The fourth-order valence-electron chi connectivity index (χ4n) is 1.38. The summed E-state index contributed by atoms with van der Waals surface area (Å²) in [6.45, 7) is 8.43. The van der Waals surface area contributed by atoms with Crippen molar-refractivity contribution in [2.45, 2.75) is 39.2 Å². The van der Waals surface area contributed by atoms with Gasteiger partial charge in [-0.25, -0.2) is 10.9 Å². The van der Waals surface area contributed by atoms with Crippen molar-refractivity contribution in [2.24, 2.45) is 5.90 Å². The lowest BCUT2D eigenvalue weighted by Crippen LogP contribution is -2.27. The average molecular weight is 224 g/mol. The van der Waals surface area contributed by atoms with Crippen LogP contribution in [-0.2, 0) is 10.3 Å². The lowest BCUT2D eigenvalue weighted by atomic mass is 9.90. The molecule has 0 unspecified atom stereocenters.